The summed E-state index contributed by atoms with van der Waals surface area (Å²) >= 11 is 1.63. The van der Waals surface area contributed by atoms with Crippen LogP contribution in [0.15, 0.2) is 24.3 Å². The molecule has 1 aromatic carbocycles. The summed E-state index contributed by atoms with van der Waals surface area (Å²) in [4.78, 5) is 25.6. The highest BCUT2D eigenvalue weighted by molar-refractivity contribution is 7.98. The van der Waals surface area contributed by atoms with Crippen molar-refractivity contribution in [3.8, 4) is 0 Å². The van der Waals surface area contributed by atoms with Crippen LogP contribution in [0.4, 0.5) is 10.5 Å². The fourth-order valence-electron chi connectivity index (χ4n) is 3.07. The van der Waals surface area contributed by atoms with Crippen LogP contribution in [0.3, 0.4) is 0 Å². The fourth-order valence-corrected chi connectivity index (χ4v) is 3.54. The van der Waals surface area contributed by atoms with Crippen LogP contribution in [0.5, 0.6) is 0 Å². The minimum absolute atomic E-state index is 0.178. The Morgan fingerprint density at radius 1 is 1.42 bits per heavy atom. The van der Waals surface area contributed by atoms with E-state index in [0.29, 0.717) is 19.0 Å². The highest BCUT2D eigenvalue weighted by Crippen LogP contribution is 2.31. The van der Waals surface area contributed by atoms with Gasteiger partial charge in [0, 0.05) is 24.8 Å². The number of carbonyl (C=O) groups is 2. The molecular formula is C17H26N4O2S. The average Bonchev–Trinajstić information content (AvgIpc) is 2.87. The van der Waals surface area contributed by atoms with E-state index in [0.717, 1.165) is 18.7 Å². The zero-order chi connectivity index (χ0) is 17.5. The van der Waals surface area contributed by atoms with Gasteiger partial charge in [-0.3, -0.25) is 4.79 Å². The van der Waals surface area contributed by atoms with Gasteiger partial charge in [0.05, 0.1) is 0 Å². The van der Waals surface area contributed by atoms with Gasteiger partial charge in [-0.25, -0.2) is 4.79 Å². The molecule has 0 spiro atoms. The maximum Gasteiger partial charge on any atom is 0.312 e. The number of para-hydroxylation sites is 1. The van der Waals surface area contributed by atoms with Crippen molar-refractivity contribution in [2.45, 2.75) is 31.8 Å². The first-order valence-corrected chi connectivity index (χ1v) is 9.59. The number of amides is 3. The quantitative estimate of drug-likeness (QED) is 0.660. The van der Waals surface area contributed by atoms with Crippen molar-refractivity contribution in [3.63, 3.8) is 0 Å². The van der Waals surface area contributed by atoms with Crippen LogP contribution >= 0.6 is 11.8 Å². The lowest BCUT2D eigenvalue weighted by atomic mass is 10.1. The van der Waals surface area contributed by atoms with Gasteiger partial charge in [0.1, 0.15) is 6.04 Å². The Bertz CT molecular complexity index is 581. The number of carbonyl (C=O) groups excluding carboxylic acids is 2. The molecule has 24 heavy (non-hydrogen) atoms. The van der Waals surface area contributed by atoms with Crippen LogP contribution in [0.1, 0.15) is 18.9 Å². The summed E-state index contributed by atoms with van der Waals surface area (Å²) in [6, 6.07) is 7.56. The van der Waals surface area contributed by atoms with E-state index in [1.54, 1.807) is 11.8 Å². The van der Waals surface area contributed by atoms with Crippen molar-refractivity contribution in [1.82, 2.24) is 10.6 Å². The third-order valence-electron chi connectivity index (χ3n) is 4.24. The number of nitrogens with zero attached hydrogens (tertiary/aromatic N) is 1. The lowest BCUT2D eigenvalue weighted by Gasteiger charge is -2.25. The Balaban J connectivity index is 1.86. The van der Waals surface area contributed by atoms with Crippen LogP contribution in [0.25, 0.3) is 0 Å². The molecule has 1 heterocycles. The van der Waals surface area contributed by atoms with Gasteiger partial charge in [0.25, 0.3) is 0 Å². The first kappa shape index (κ1) is 18.4. The number of nitrogens with two attached hydrogens (primary N) is 1. The number of hydrogen-bond acceptors (Lipinski definition) is 4. The third-order valence-corrected chi connectivity index (χ3v) is 4.89. The molecule has 0 aromatic heterocycles. The summed E-state index contributed by atoms with van der Waals surface area (Å²) in [7, 11) is 0. The van der Waals surface area contributed by atoms with E-state index in [-0.39, 0.29) is 5.91 Å². The summed E-state index contributed by atoms with van der Waals surface area (Å²) in [5, 5.41) is 5.43. The van der Waals surface area contributed by atoms with E-state index in [9.17, 15) is 9.59 Å². The number of hydrogen-bond donors (Lipinski definition) is 3. The number of anilines is 1. The van der Waals surface area contributed by atoms with E-state index >= 15 is 0 Å². The molecule has 6 nitrogen and oxygen atoms in total. The van der Waals surface area contributed by atoms with Crippen molar-refractivity contribution in [3.05, 3.63) is 29.8 Å². The van der Waals surface area contributed by atoms with Crippen molar-refractivity contribution < 1.29 is 9.59 Å². The SMILES string of the molecule is CSCCC(NC(N)=O)C(=O)NCCN1c2ccccc2CC1C. The molecule has 2 rings (SSSR count). The fraction of sp³-hybridized carbons (Fsp3) is 0.529. The molecule has 7 heteroatoms. The highest BCUT2D eigenvalue weighted by Gasteiger charge is 2.25. The predicted molar refractivity (Wildman–Crippen MR) is 99.5 cm³/mol. The molecule has 0 fully saturated rings. The normalized spacial score (nSPS) is 17.2. The van der Waals surface area contributed by atoms with Gasteiger partial charge < -0.3 is 21.3 Å². The molecule has 0 radical (unpaired) electrons. The Morgan fingerprint density at radius 2 is 2.17 bits per heavy atom. The van der Waals surface area contributed by atoms with Crippen LogP contribution < -0.4 is 21.3 Å². The minimum atomic E-state index is -0.668. The molecule has 1 aliphatic rings. The smallest absolute Gasteiger partial charge is 0.312 e. The molecule has 2 unspecified atom stereocenters. The Hall–Kier alpha value is -1.89. The van der Waals surface area contributed by atoms with Gasteiger partial charge in [-0.1, -0.05) is 18.2 Å². The first-order valence-electron chi connectivity index (χ1n) is 8.20. The zero-order valence-corrected chi connectivity index (χ0v) is 15.1. The molecular weight excluding hydrogens is 324 g/mol. The lowest BCUT2D eigenvalue weighted by molar-refractivity contribution is -0.122. The number of thioether (sulfide) groups is 1. The summed E-state index contributed by atoms with van der Waals surface area (Å²) in [6.45, 7) is 3.47. The molecule has 1 aliphatic heterocycles. The maximum absolute atomic E-state index is 12.3. The number of benzene rings is 1. The standard InChI is InChI=1S/C17H26N4O2S/c1-12-11-13-5-3-4-6-15(13)21(12)9-8-19-16(22)14(7-10-24-2)20-17(18)23/h3-6,12,14H,7-11H2,1-2H3,(H,19,22)(H3,18,20,23). The first-order chi connectivity index (χ1) is 11.5. The van der Waals surface area contributed by atoms with Crippen LogP contribution in [-0.4, -0.2) is 49.1 Å². The second-order valence-electron chi connectivity index (χ2n) is 6.01. The van der Waals surface area contributed by atoms with E-state index in [1.807, 2.05) is 12.3 Å². The molecule has 0 bridgehead atoms. The predicted octanol–water partition coefficient (Wildman–Crippen LogP) is 1.34. The second-order valence-corrected chi connectivity index (χ2v) is 6.99. The molecule has 3 amide bonds. The topological polar surface area (TPSA) is 87.5 Å². The van der Waals surface area contributed by atoms with Gasteiger partial charge in [-0.15, -0.1) is 0 Å². The summed E-state index contributed by atoms with van der Waals surface area (Å²) in [6.07, 6.45) is 3.56. The molecule has 0 saturated heterocycles. The number of rotatable bonds is 8. The van der Waals surface area contributed by atoms with Gasteiger partial charge in [-0.05, 0) is 43.4 Å². The Labute approximate surface area is 147 Å². The van der Waals surface area contributed by atoms with Crippen LogP contribution in [-0.2, 0) is 11.2 Å². The highest BCUT2D eigenvalue weighted by atomic mass is 32.2. The van der Waals surface area contributed by atoms with Gasteiger partial charge >= 0.3 is 6.03 Å². The van der Waals surface area contributed by atoms with Crippen LogP contribution in [0.2, 0.25) is 0 Å². The van der Waals surface area contributed by atoms with Crippen molar-refractivity contribution in [2.24, 2.45) is 5.73 Å². The molecule has 0 saturated carbocycles. The Morgan fingerprint density at radius 3 is 2.88 bits per heavy atom. The van der Waals surface area contributed by atoms with Crippen molar-refractivity contribution in [1.29, 1.82) is 0 Å². The summed E-state index contributed by atoms with van der Waals surface area (Å²) in [5.74, 6) is 0.609. The van der Waals surface area contributed by atoms with Gasteiger partial charge in [0.2, 0.25) is 5.91 Å². The second kappa shape index (κ2) is 8.82. The Kier molecular flexibility index (Phi) is 6.78. The van der Waals surface area contributed by atoms with E-state index in [2.05, 4.69) is 40.7 Å². The molecule has 132 valence electrons. The molecule has 0 aliphatic carbocycles. The molecule has 4 N–H and O–H groups in total. The van der Waals surface area contributed by atoms with Crippen LogP contribution in [0, 0.1) is 0 Å². The number of primary amides is 1. The largest absolute Gasteiger partial charge is 0.367 e. The summed E-state index contributed by atoms with van der Waals surface area (Å²) in [5.41, 5.74) is 7.75. The van der Waals surface area contributed by atoms with Crippen molar-refractivity contribution in [2.75, 3.05) is 30.0 Å². The molecule has 2 atom stereocenters. The van der Waals surface area contributed by atoms with Gasteiger partial charge in [0.15, 0.2) is 0 Å². The minimum Gasteiger partial charge on any atom is -0.367 e. The number of fused-ring (bicyclic) bond motifs is 1. The molecule has 1 aromatic rings. The van der Waals surface area contributed by atoms with Crippen molar-refractivity contribution >= 4 is 29.4 Å². The van der Waals surface area contributed by atoms with E-state index in [1.165, 1.54) is 11.3 Å². The van der Waals surface area contributed by atoms with Gasteiger partial charge in [-0.2, -0.15) is 11.8 Å². The maximum atomic E-state index is 12.3. The summed E-state index contributed by atoms with van der Waals surface area (Å²) < 4.78 is 0. The third kappa shape index (κ3) is 4.80. The average molecular weight is 350 g/mol. The number of urea groups is 1. The zero-order valence-electron chi connectivity index (χ0n) is 14.2. The number of nitrogens with one attached hydrogen (secondary N) is 2. The lowest BCUT2D eigenvalue weighted by Crippen LogP contribution is -2.50. The van der Waals surface area contributed by atoms with E-state index < -0.39 is 12.1 Å². The van der Waals surface area contributed by atoms with E-state index in [4.69, 9.17) is 5.73 Å². The monoisotopic (exact) mass is 350 g/mol.